The molecule has 8 heteroatoms. The molecule has 2 atom stereocenters. The first-order valence-corrected chi connectivity index (χ1v) is 13.8. The average molecular weight is 495 g/mol. The zero-order valence-electron chi connectivity index (χ0n) is 21.6. The smallest absolute Gasteiger partial charge is 0.407 e. The largest absolute Gasteiger partial charge is 0.447 e. The van der Waals surface area contributed by atoms with Crippen molar-refractivity contribution in [3.8, 4) is 0 Å². The molecule has 0 unspecified atom stereocenters. The molecule has 0 aromatic heterocycles. The Balaban J connectivity index is 1.69. The molecule has 0 aromatic rings. The molecule has 34 heavy (non-hydrogen) atoms. The lowest BCUT2D eigenvalue weighted by Gasteiger charge is -2.43. The van der Waals surface area contributed by atoms with Crippen molar-refractivity contribution in [1.29, 1.82) is 0 Å². The quantitative estimate of drug-likeness (QED) is 0.439. The van der Waals surface area contributed by atoms with E-state index < -0.39 is 6.09 Å². The summed E-state index contributed by atoms with van der Waals surface area (Å²) in [6.45, 7) is 9.54. The summed E-state index contributed by atoms with van der Waals surface area (Å²) in [4.78, 5) is 28.6. The number of thiocarbonyl (C=S) groups is 1. The van der Waals surface area contributed by atoms with Gasteiger partial charge in [0.15, 0.2) is 0 Å². The van der Waals surface area contributed by atoms with E-state index in [9.17, 15) is 9.59 Å². The fraction of sp³-hybridized carbons (Fsp3) is 0.885. The highest BCUT2D eigenvalue weighted by molar-refractivity contribution is 7.80. The van der Waals surface area contributed by atoms with Gasteiger partial charge in [0.25, 0.3) is 0 Å². The van der Waals surface area contributed by atoms with Crippen LogP contribution in [0.3, 0.4) is 0 Å². The Morgan fingerprint density at radius 2 is 1.71 bits per heavy atom. The number of ether oxygens (including phenoxy) is 1. The van der Waals surface area contributed by atoms with Gasteiger partial charge < -0.3 is 26.0 Å². The first-order valence-electron chi connectivity index (χ1n) is 13.4. The van der Waals surface area contributed by atoms with Crippen LogP contribution in [0.1, 0.15) is 91.9 Å². The number of carbonyl (C=O) groups is 2. The molecular weight excluding hydrogens is 448 g/mol. The molecule has 2 amide bonds. The molecule has 194 valence electrons. The number of hydrogen-bond acceptors (Lipinski definition) is 5. The third kappa shape index (κ3) is 6.84. The Morgan fingerprint density at radius 1 is 1.06 bits per heavy atom. The number of carbonyl (C=O) groups excluding carboxylic acids is 2. The summed E-state index contributed by atoms with van der Waals surface area (Å²) in [5, 5.41) is 6.30. The highest BCUT2D eigenvalue weighted by atomic mass is 32.1. The van der Waals surface area contributed by atoms with Crippen LogP contribution in [0.15, 0.2) is 0 Å². The normalized spacial score (nSPS) is 27.0. The van der Waals surface area contributed by atoms with Crippen molar-refractivity contribution in [1.82, 2.24) is 15.5 Å². The zero-order chi connectivity index (χ0) is 24.9. The number of amides is 2. The van der Waals surface area contributed by atoms with Gasteiger partial charge in [0.2, 0.25) is 5.91 Å². The lowest BCUT2D eigenvalue weighted by molar-refractivity contribution is -0.124. The van der Waals surface area contributed by atoms with Gasteiger partial charge in [0.05, 0.1) is 12.1 Å². The number of nitrogens with two attached hydrogens (primary N) is 1. The SMILES string of the molecule is CC(C)OC(=O)N[C@H](C(=S)N1CCC[C@H]1C(=O)NCC1CCC(N)CC1)C(C)(C)C1CCCC1. The summed E-state index contributed by atoms with van der Waals surface area (Å²) in [5.74, 6) is 1.03. The second-order valence-corrected chi connectivity index (χ2v) is 12.0. The molecular formula is C26H46N4O3S. The van der Waals surface area contributed by atoms with E-state index in [1.807, 2.05) is 13.8 Å². The second kappa shape index (κ2) is 12.0. The van der Waals surface area contributed by atoms with E-state index in [1.54, 1.807) is 0 Å². The summed E-state index contributed by atoms with van der Waals surface area (Å²) in [5.41, 5.74) is 5.80. The number of hydrogen-bond donors (Lipinski definition) is 3. The van der Waals surface area contributed by atoms with Crippen LogP contribution in [0.25, 0.3) is 0 Å². The summed E-state index contributed by atoms with van der Waals surface area (Å²) in [6, 6.07) is -0.321. The van der Waals surface area contributed by atoms with Gasteiger partial charge in [-0.3, -0.25) is 4.79 Å². The standard InChI is InChI=1S/C26H46N4O3S/c1-17(2)33-25(32)29-22(26(3,4)19-8-5-6-9-19)24(34)30-15-7-10-21(30)23(31)28-16-18-11-13-20(27)14-12-18/h17-22H,5-16,27H2,1-4H3,(H,28,31)(H,29,32)/t18?,20?,21-,22+/m0/s1. The van der Waals surface area contributed by atoms with E-state index in [-0.39, 0.29) is 29.5 Å². The predicted molar refractivity (Wildman–Crippen MR) is 140 cm³/mol. The van der Waals surface area contributed by atoms with E-state index in [1.165, 1.54) is 12.8 Å². The Morgan fingerprint density at radius 3 is 2.32 bits per heavy atom. The zero-order valence-corrected chi connectivity index (χ0v) is 22.4. The molecule has 1 aliphatic heterocycles. The number of alkyl carbamates (subject to hydrolysis) is 1. The molecule has 4 N–H and O–H groups in total. The van der Waals surface area contributed by atoms with Crippen molar-refractivity contribution in [2.24, 2.45) is 23.0 Å². The first kappa shape index (κ1) is 27.2. The van der Waals surface area contributed by atoms with Gasteiger partial charge in [-0.2, -0.15) is 0 Å². The van der Waals surface area contributed by atoms with Crippen LogP contribution in [0.4, 0.5) is 4.79 Å². The maximum absolute atomic E-state index is 13.2. The molecule has 3 fully saturated rings. The van der Waals surface area contributed by atoms with Crippen LogP contribution in [-0.2, 0) is 9.53 Å². The monoisotopic (exact) mass is 494 g/mol. The average Bonchev–Trinajstić information content (AvgIpc) is 3.48. The molecule has 7 nitrogen and oxygen atoms in total. The molecule has 0 bridgehead atoms. The molecule has 3 aliphatic rings. The van der Waals surface area contributed by atoms with E-state index >= 15 is 0 Å². The van der Waals surface area contributed by atoms with Crippen molar-refractivity contribution in [3.63, 3.8) is 0 Å². The fourth-order valence-corrected chi connectivity index (χ4v) is 6.64. The fourth-order valence-electron chi connectivity index (χ4n) is 6.06. The maximum Gasteiger partial charge on any atom is 0.407 e. The van der Waals surface area contributed by atoms with Crippen molar-refractivity contribution in [2.45, 2.75) is 116 Å². The second-order valence-electron chi connectivity index (χ2n) is 11.5. The van der Waals surface area contributed by atoms with Crippen LogP contribution < -0.4 is 16.4 Å². The van der Waals surface area contributed by atoms with E-state index in [0.717, 1.165) is 57.9 Å². The van der Waals surface area contributed by atoms with Crippen molar-refractivity contribution >= 4 is 29.2 Å². The summed E-state index contributed by atoms with van der Waals surface area (Å²) in [7, 11) is 0. The van der Waals surface area contributed by atoms with Gasteiger partial charge in [-0.1, -0.05) is 38.9 Å². The van der Waals surface area contributed by atoms with Crippen LogP contribution in [0.2, 0.25) is 0 Å². The Labute approximate surface area is 211 Å². The minimum absolute atomic E-state index is 0.0527. The minimum Gasteiger partial charge on any atom is -0.447 e. The van der Waals surface area contributed by atoms with Crippen LogP contribution in [0.5, 0.6) is 0 Å². The third-order valence-electron chi connectivity index (χ3n) is 8.30. The van der Waals surface area contributed by atoms with Gasteiger partial charge in [0, 0.05) is 19.1 Å². The molecule has 2 aliphatic carbocycles. The Bertz CT molecular complexity index is 715. The first-order chi connectivity index (χ1) is 16.1. The predicted octanol–water partition coefficient (Wildman–Crippen LogP) is 4.13. The van der Waals surface area contributed by atoms with E-state index in [2.05, 4.69) is 29.4 Å². The van der Waals surface area contributed by atoms with Gasteiger partial charge in [-0.15, -0.1) is 0 Å². The number of nitrogens with one attached hydrogen (secondary N) is 2. The minimum atomic E-state index is -0.441. The third-order valence-corrected chi connectivity index (χ3v) is 8.77. The topological polar surface area (TPSA) is 96.7 Å². The molecule has 0 aromatic carbocycles. The van der Waals surface area contributed by atoms with Crippen molar-refractivity contribution in [2.75, 3.05) is 13.1 Å². The maximum atomic E-state index is 13.2. The van der Waals surface area contributed by atoms with Gasteiger partial charge in [-0.05, 0) is 82.5 Å². The van der Waals surface area contributed by atoms with Crippen LogP contribution in [-0.4, -0.2) is 59.2 Å². The number of likely N-dealkylation sites (tertiary alicyclic amines) is 1. The summed E-state index contributed by atoms with van der Waals surface area (Å²) >= 11 is 6.03. The molecule has 0 spiro atoms. The molecule has 1 saturated heterocycles. The van der Waals surface area contributed by atoms with Crippen LogP contribution >= 0.6 is 12.2 Å². The van der Waals surface area contributed by atoms with Gasteiger partial charge >= 0.3 is 6.09 Å². The Hall–Kier alpha value is -1.41. The van der Waals surface area contributed by atoms with Gasteiger partial charge in [-0.25, -0.2) is 4.79 Å². The lowest BCUT2D eigenvalue weighted by Crippen LogP contribution is -2.59. The summed E-state index contributed by atoms with van der Waals surface area (Å²) < 4.78 is 5.42. The van der Waals surface area contributed by atoms with Crippen molar-refractivity contribution in [3.05, 3.63) is 0 Å². The number of rotatable bonds is 8. The Kier molecular flexibility index (Phi) is 9.61. The highest BCUT2D eigenvalue weighted by Crippen LogP contribution is 2.43. The van der Waals surface area contributed by atoms with E-state index in [0.29, 0.717) is 29.4 Å². The molecule has 1 heterocycles. The molecule has 0 radical (unpaired) electrons. The highest BCUT2D eigenvalue weighted by Gasteiger charge is 2.45. The van der Waals surface area contributed by atoms with Crippen molar-refractivity contribution < 1.29 is 14.3 Å². The molecule has 3 rings (SSSR count). The van der Waals surface area contributed by atoms with E-state index in [4.69, 9.17) is 22.7 Å². The summed E-state index contributed by atoms with van der Waals surface area (Å²) in [6.07, 6.45) is 10.00. The molecule has 2 saturated carbocycles. The lowest BCUT2D eigenvalue weighted by atomic mass is 9.71. The van der Waals surface area contributed by atoms with Crippen LogP contribution in [0, 0.1) is 17.3 Å². The number of nitrogens with zero attached hydrogens (tertiary/aromatic N) is 1. The van der Waals surface area contributed by atoms with Gasteiger partial charge in [0.1, 0.15) is 11.0 Å².